The lowest BCUT2D eigenvalue weighted by Crippen LogP contribution is -2.36. The summed E-state index contributed by atoms with van der Waals surface area (Å²) < 4.78 is 5.60. The van der Waals surface area contributed by atoms with Gasteiger partial charge < -0.3 is 15.2 Å². The maximum Gasteiger partial charge on any atom is 0.119 e. The van der Waals surface area contributed by atoms with Crippen molar-refractivity contribution in [2.45, 2.75) is 65.0 Å². The average molecular weight is 293 g/mol. The minimum absolute atomic E-state index is 0.332. The van der Waals surface area contributed by atoms with Crippen LogP contribution >= 0.6 is 0 Å². The van der Waals surface area contributed by atoms with E-state index in [0.29, 0.717) is 19.2 Å². The third kappa shape index (κ3) is 8.74. The van der Waals surface area contributed by atoms with Crippen molar-refractivity contribution in [3.63, 3.8) is 0 Å². The van der Waals surface area contributed by atoms with Gasteiger partial charge in [0.25, 0.3) is 0 Å². The van der Waals surface area contributed by atoms with Gasteiger partial charge in [-0.15, -0.1) is 0 Å². The molecule has 120 valence electrons. The van der Waals surface area contributed by atoms with Gasteiger partial charge in [-0.2, -0.15) is 0 Å². The summed E-state index contributed by atoms with van der Waals surface area (Å²) in [6, 6.07) is 8.36. The Balaban J connectivity index is 2.11. The van der Waals surface area contributed by atoms with Crippen molar-refractivity contribution in [1.82, 2.24) is 5.32 Å². The highest BCUT2D eigenvalue weighted by atomic mass is 16.5. The van der Waals surface area contributed by atoms with Gasteiger partial charge in [0.1, 0.15) is 18.5 Å². The number of benzene rings is 1. The fraction of sp³-hybridized carbons (Fsp3) is 0.667. The van der Waals surface area contributed by atoms with E-state index in [4.69, 9.17) is 4.74 Å². The van der Waals surface area contributed by atoms with Gasteiger partial charge in [-0.25, -0.2) is 0 Å². The smallest absolute Gasteiger partial charge is 0.119 e. The summed E-state index contributed by atoms with van der Waals surface area (Å²) in [4.78, 5) is 0. The van der Waals surface area contributed by atoms with Gasteiger partial charge in [0.2, 0.25) is 0 Å². The van der Waals surface area contributed by atoms with E-state index in [1.54, 1.807) is 0 Å². The number of nitrogens with one attached hydrogen (secondary N) is 1. The normalized spacial score (nSPS) is 13.9. The van der Waals surface area contributed by atoms with E-state index in [2.05, 4.69) is 19.2 Å². The number of aryl methyl sites for hydroxylation is 1. The second-order valence-electron chi connectivity index (χ2n) is 5.94. The van der Waals surface area contributed by atoms with Crippen LogP contribution in [0.4, 0.5) is 0 Å². The molecule has 3 heteroatoms. The lowest BCUT2D eigenvalue weighted by atomic mass is 10.1. The molecule has 0 aliphatic heterocycles. The zero-order chi connectivity index (χ0) is 15.5. The molecule has 0 saturated carbocycles. The molecule has 0 aromatic heterocycles. The standard InChI is InChI=1S/C18H31NO2/c1-4-5-6-7-10-16(3)19-13-17(20)14-21-18-11-8-9-15(2)12-18/h8-9,11-12,16-17,19-20H,4-7,10,13-14H2,1-3H3/t16-,17+/m1/s1. The summed E-state index contributed by atoms with van der Waals surface area (Å²) in [5.74, 6) is 0.821. The minimum Gasteiger partial charge on any atom is -0.491 e. The van der Waals surface area contributed by atoms with Crippen molar-refractivity contribution in [2.75, 3.05) is 13.2 Å². The molecular weight excluding hydrogens is 262 g/mol. The van der Waals surface area contributed by atoms with Crippen LogP contribution in [0.2, 0.25) is 0 Å². The molecule has 0 aliphatic carbocycles. The first-order chi connectivity index (χ1) is 10.1. The van der Waals surface area contributed by atoms with E-state index >= 15 is 0 Å². The molecular formula is C18H31NO2. The van der Waals surface area contributed by atoms with E-state index in [-0.39, 0.29) is 0 Å². The zero-order valence-corrected chi connectivity index (χ0v) is 13.8. The highest BCUT2D eigenvalue weighted by Crippen LogP contribution is 2.12. The largest absolute Gasteiger partial charge is 0.491 e. The summed E-state index contributed by atoms with van der Waals surface area (Å²) in [7, 11) is 0. The van der Waals surface area contributed by atoms with Gasteiger partial charge in [-0.1, -0.05) is 44.7 Å². The number of rotatable bonds is 11. The molecule has 0 fully saturated rings. The quantitative estimate of drug-likeness (QED) is 0.612. The third-order valence-corrected chi connectivity index (χ3v) is 3.62. The van der Waals surface area contributed by atoms with Gasteiger partial charge in [0.15, 0.2) is 0 Å². The number of ether oxygens (including phenoxy) is 1. The predicted molar refractivity (Wildman–Crippen MR) is 88.9 cm³/mol. The Morgan fingerprint density at radius 1 is 1.24 bits per heavy atom. The van der Waals surface area contributed by atoms with Crippen molar-refractivity contribution in [2.24, 2.45) is 0 Å². The number of hydrogen-bond acceptors (Lipinski definition) is 3. The Hall–Kier alpha value is -1.06. The Labute approximate surface area is 129 Å². The van der Waals surface area contributed by atoms with Gasteiger partial charge in [-0.3, -0.25) is 0 Å². The summed E-state index contributed by atoms with van der Waals surface area (Å²) >= 11 is 0. The number of hydrogen-bond donors (Lipinski definition) is 2. The molecule has 0 amide bonds. The average Bonchev–Trinajstić information content (AvgIpc) is 2.47. The predicted octanol–water partition coefficient (Wildman–Crippen LogP) is 3.68. The molecule has 3 nitrogen and oxygen atoms in total. The van der Waals surface area contributed by atoms with Gasteiger partial charge >= 0.3 is 0 Å². The van der Waals surface area contributed by atoms with Crippen molar-refractivity contribution < 1.29 is 9.84 Å². The molecule has 0 heterocycles. The Morgan fingerprint density at radius 3 is 2.76 bits per heavy atom. The van der Waals surface area contributed by atoms with E-state index in [0.717, 1.165) is 5.75 Å². The molecule has 0 radical (unpaired) electrons. The Bertz CT molecular complexity index is 381. The second kappa shape index (κ2) is 10.6. The van der Waals surface area contributed by atoms with E-state index < -0.39 is 6.10 Å². The van der Waals surface area contributed by atoms with Crippen molar-refractivity contribution >= 4 is 0 Å². The van der Waals surface area contributed by atoms with Gasteiger partial charge in [0.05, 0.1) is 0 Å². The maximum absolute atomic E-state index is 9.95. The molecule has 1 aromatic carbocycles. The van der Waals surface area contributed by atoms with Gasteiger partial charge in [0, 0.05) is 12.6 Å². The highest BCUT2D eigenvalue weighted by molar-refractivity contribution is 5.27. The van der Waals surface area contributed by atoms with Crippen LogP contribution in [0.25, 0.3) is 0 Å². The fourth-order valence-corrected chi connectivity index (χ4v) is 2.27. The van der Waals surface area contributed by atoms with E-state index in [9.17, 15) is 5.11 Å². The molecule has 2 N–H and O–H groups in total. The fourth-order valence-electron chi connectivity index (χ4n) is 2.27. The molecule has 0 saturated heterocycles. The molecule has 2 atom stereocenters. The topological polar surface area (TPSA) is 41.5 Å². The molecule has 1 aromatic rings. The molecule has 0 unspecified atom stereocenters. The van der Waals surface area contributed by atoms with Crippen molar-refractivity contribution in [3.8, 4) is 5.75 Å². The van der Waals surface area contributed by atoms with Crippen molar-refractivity contribution in [3.05, 3.63) is 29.8 Å². The Kier molecular flexibility index (Phi) is 9.11. The lowest BCUT2D eigenvalue weighted by molar-refractivity contribution is 0.103. The minimum atomic E-state index is -0.469. The van der Waals surface area contributed by atoms with Crippen LogP contribution in [0.15, 0.2) is 24.3 Å². The second-order valence-corrected chi connectivity index (χ2v) is 5.94. The highest BCUT2D eigenvalue weighted by Gasteiger charge is 2.08. The molecule has 0 bridgehead atoms. The molecule has 1 rings (SSSR count). The van der Waals surface area contributed by atoms with Gasteiger partial charge in [-0.05, 0) is 38.0 Å². The number of unbranched alkanes of at least 4 members (excludes halogenated alkanes) is 3. The molecule has 0 spiro atoms. The van der Waals surface area contributed by atoms with Crippen LogP contribution in [0.3, 0.4) is 0 Å². The van der Waals surface area contributed by atoms with Crippen LogP contribution in [0.5, 0.6) is 5.75 Å². The van der Waals surface area contributed by atoms with Crippen LogP contribution in [0, 0.1) is 6.92 Å². The van der Waals surface area contributed by atoms with E-state index in [1.165, 1.54) is 37.7 Å². The van der Waals surface area contributed by atoms with Crippen LogP contribution in [0.1, 0.15) is 51.5 Å². The van der Waals surface area contributed by atoms with Crippen LogP contribution in [-0.2, 0) is 0 Å². The number of aliphatic hydroxyl groups is 1. The molecule has 0 aliphatic rings. The first-order valence-corrected chi connectivity index (χ1v) is 8.22. The number of aliphatic hydroxyl groups excluding tert-OH is 1. The maximum atomic E-state index is 9.95. The first kappa shape index (κ1) is 18.0. The van der Waals surface area contributed by atoms with Crippen molar-refractivity contribution in [1.29, 1.82) is 0 Å². The summed E-state index contributed by atoms with van der Waals surface area (Å²) in [6.45, 7) is 7.36. The lowest BCUT2D eigenvalue weighted by Gasteiger charge is -2.17. The molecule has 21 heavy (non-hydrogen) atoms. The van der Waals surface area contributed by atoms with Crippen LogP contribution < -0.4 is 10.1 Å². The SMILES string of the molecule is CCCCCC[C@@H](C)NC[C@H](O)COc1cccc(C)c1. The third-order valence-electron chi connectivity index (χ3n) is 3.62. The Morgan fingerprint density at radius 2 is 2.05 bits per heavy atom. The van der Waals surface area contributed by atoms with E-state index in [1.807, 2.05) is 31.2 Å². The summed E-state index contributed by atoms with van der Waals surface area (Å²) in [6.07, 6.45) is 5.87. The first-order valence-electron chi connectivity index (χ1n) is 8.22. The summed E-state index contributed by atoms with van der Waals surface area (Å²) in [5.41, 5.74) is 1.17. The zero-order valence-electron chi connectivity index (χ0n) is 13.8. The van der Waals surface area contributed by atoms with Crippen LogP contribution in [-0.4, -0.2) is 30.4 Å². The monoisotopic (exact) mass is 293 g/mol. The summed E-state index contributed by atoms with van der Waals surface area (Å²) in [5, 5.41) is 13.3.